The van der Waals surface area contributed by atoms with E-state index in [0.29, 0.717) is 143 Å². The molecule has 1 aromatic rings. The van der Waals surface area contributed by atoms with E-state index in [9.17, 15) is 33.9 Å². The number of anilines is 1. The summed E-state index contributed by atoms with van der Waals surface area (Å²) in [5.74, 6) is -1.74. The number of Topliss-reactive ketones (excluding diaryl/α,β-unsaturated/α-hetero) is 1. The number of alkyl carbamates (subject to hydrolysis) is 1. The van der Waals surface area contributed by atoms with E-state index in [-0.39, 0.29) is 47.6 Å². The summed E-state index contributed by atoms with van der Waals surface area (Å²) in [6.45, 7) is 19.4. The van der Waals surface area contributed by atoms with Crippen molar-refractivity contribution in [3.05, 3.63) is 46.5 Å². The number of benzene rings is 1. The number of carbonyl (C=O) groups excluding carboxylic acids is 6. The van der Waals surface area contributed by atoms with Crippen molar-refractivity contribution in [3.63, 3.8) is 0 Å². The van der Waals surface area contributed by atoms with Gasteiger partial charge in [0.15, 0.2) is 5.72 Å². The molecular weight excluding hydrogens is 1160 g/mol. The van der Waals surface area contributed by atoms with E-state index in [0.717, 1.165) is 11.1 Å². The number of rotatable bonds is 38. The summed E-state index contributed by atoms with van der Waals surface area (Å²) in [4.78, 5) is 81.6. The first-order chi connectivity index (χ1) is 40.9. The molecular formula is C60H95ClN4O20S. The van der Waals surface area contributed by atoms with Crippen LogP contribution in [-0.4, -0.2) is 238 Å². The number of thioether (sulfide) groups is 1. The van der Waals surface area contributed by atoms with Crippen LogP contribution in [0.5, 0.6) is 5.75 Å². The third-order valence-electron chi connectivity index (χ3n) is 14.8. The summed E-state index contributed by atoms with van der Waals surface area (Å²) in [5.41, 5.74) is -1.11. The van der Waals surface area contributed by atoms with Crippen LogP contribution < -0.4 is 20.3 Å². The molecule has 4 rings (SSSR count). The van der Waals surface area contributed by atoms with Gasteiger partial charge in [-0.15, -0.1) is 11.8 Å². The van der Waals surface area contributed by atoms with Gasteiger partial charge in [-0.25, -0.2) is 9.59 Å². The van der Waals surface area contributed by atoms with Gasteiger partial charge in [0, 0.05) is 57.7 Å². The number of methoxy groups -OCH3 is 2. The van der Waals surface area contributed by atoms with Crippen molar-refractivity contribution in [1.82, 2.24) is 15.5 Å². The van der Waals surface area contributed by atoms with Crippen molar-refractivity contribution < 1.29 is 95.5 Å². The highest BCUT2D eigenvalue weighted by atomic mass is 35.5. The van der Waals surface area contributed by atoms with Gasteiger partial charge in [0.25, 0.3) is 0 Å². The van der Waals surface area contributed by atoms with Gasteiger partial charge in [0.05, 0.1) is 137 Å². The third-order valence-corrected chi connectivity index (χ3v) is 16.6. The number of nitrogens with zero attached hydrogens (tertiary/aromatic N) is 2. The molecule has 3 N–H and O–H groups in total. The number of hydrogen-bond acceptors (Lipinski definition) is 21. The van der Waals surface area contributed by atoms with Crippen LogP contribution in [0.4, 0.5) is 10.5 Å². The number of halogens is 1. The summed E-state index contributed by atoms with van der Waals surface area (Å²) >= 11 is 8.24. The Morgan fingerprint density at radius 2 is 1.43 bits per heavy atom. The number of likely N-dealkylation sites (N-methyl/N-ethyl adjacent to an activating group) is 1. The fourth-order valence-electron chi connectivity index (χ4n) is 9.31. The first-order valence-corrected chi connectivity index (χ1v) is 30.7. The Morgan fingerprint density at radius 3 is 1.97 bits per heavy atom. The average Bonchev–Trinajstić information content (AvgIpc) is 1.79. The molecule has 0 radical (unpaired) electrons. The van der Waals surface area contributed by atoms with Crippen molar-refractivity contribution in [2.75, 3.05) is 151 Å². The molecule has 26 heteroatoms. The van der Waals surface area contributed by atoms with Crippen LogP contribution in [0.2, 0.25) is 5.02 Å². The lowest BCUT2D eigenvalue weighted by atomic mass is 9.83. The fraction of sp³-hybridized carbons (Fsp3) is 0.733. The Bertz CT molecular complexity index is 2370. The highest BCUT2D eigenvalue weighted by Gasteiger charge is 2.64. The van der Waals surface area contributed by atoms with Crippen LogP contribution in [0.25, 0.3) is 0 Å². The molecule has 488 valence electrons. The molecule has 8 atom stereocenters. The van der Waals surface area contributed by atoms with Crippen molar-refractivity contribution in [2.45, 2.75) is 134 Å². The van der Waals surface area contributed by atoms with Crippen LogP contribution >= 0.6 is 23.4 Å². The highest BCUT2D eigenvalue weighted by molar-refractivity contribution is 8.01. The quantitative estimate of drug-likeness (QED) is 0.0445. The molecule has 0 aromatic heterocycles. The maximum Gasteiger partial charge on any atom is 0.409 e. The molecule has 0 spiro atoms. The molecule has 3 aliphatic rings. The van der Waals surface area contributed by atoms with Crippen LogP contribution in [0.15, 0.2) is 35.9 Å². The normalized spacial score (nSPS) is 22.9. The number of amides is 4. The number of fused-ring (bicyclic) bond motifs is 5. The number of ketones is 1. The van der Waals surface area contributed by atoms with E-state index in [1.807, 2.05) is 26.8 Å². The van der Waals surface area contributed by atoms with Crippen molar-refractivity contribution >= 4 is 64.6 Å². The number of allylic oxidation sites excluding steroid dienone is 3. The molecule has 4 bridgehead atoms. The maximum atomic E-state index is 14.4. The van der Waals surface area contributed by atoms with E-state index in [2.05, 4.69) is 10.6 Å². The molecule has 0 aliphatic carbocycles. The van der Waals surface area contributed by atoms with Gasteiger partial charge in [-0.3, -0.25) is 24.5 Å². The molecule has 2 saturated heterocycles. The number of aliphatic hydroxyl groups is 1. The Hall–Kier alpha value is -4.48. The zero-order chi connectivity index (χ0) is 63.3. The van der Waals surface area contributed by atoms with Crippen molar-refractivity contribution in [3.8, 4) is 5.75 Å². The van der Waals surface area contributed by atoms with E-state index < -0.39 is 70.4 Å². The van der Waals surface area contributed by atoms with Gasteiger partial charge in [0.1, 0.15) is 46.5 Å². The first-order valence-electron chi connectivity index (χ1n) is 29.3. The molecule has 0 saturated carbocycles. The fourth-order valence-corrected chi connectivity index (χ4v) is 10.5. The summed E-state index contributed by atoms with van der Waals surface area (Å²) < 4.78 is 72.9. The maximum absolute atomic E-state index is 14.4. The van der Waals surface area contributed by atoms with E-state index in [4.69, 9.17) is 73.2 Å². The third kappa shape index (κ3) is 25.6. The van der Waals surface area contributed by atoms with Crippen LogP contribution in [0.1, 0.15) is 86.1 Å². The Morgan fingerprint density at radius 1 is 0.884 bits per heavy atom. The molecule has 24 nitrogen and oxygen atoms in total. The zero-order valence-electron chi connectivity index (χ0n) is 52.2. The predicted octanol–water partition coefficient (Wildman–Crippen LogP) is 5.03. The number of ether oxygens (including phenoxy) is 13. The van der Waals surface area contributed by atoms with Crippen LogP contribution in [0.3, 0.4) is 0 Å². The lowest BCUT2D eigenvalue weighted by molar-refractivity contribution is -0.162. The van der Waals surface area contributed by atoms with E-state index in [1.54, 1.807) is 45.2 Å². The molecule has 4 amide bonds. The van der Waals surface area contributed by atoms with Gasteiger partial charge >= 0.3 is 12.1 Å². The summed E-state index contributed by atoms with van der Waals surface area (Å²) in [6.07, 6.45) is 1.42. The summed E-state index contributed by atoms with van der Waals surface area (Å²) in [5, 5.41) is 17.4. The minimum atomic E-state index is -1.87. The lowest BCUT2D eigenvalue weighted by Crippen LogP contribution is -2.63. The molecule has 3 heterocycles. The van der Waals surface area contributed by atoms with E-state index in [1.165, 1.54) is 56.7 Å². The van der Waals surface area contributed by atoms with Crippen LogP contribution in [-0.2, 0) is 87.2 Å². The van der Waals surface area contributed by atoms with Gasteiger partial charge in [0.2, 0.25) is 17.7 Å². The molecule has 3 aliphatic heterocycles. The highest BCUT2D eigenvalue weighted by Crippen LogP contribution is 2.49. The van der Waals surface area contributed by atoms with Gasteiger partial charge in [-0.1, -0.05) is 56.2 Å². The number of esters is 1. The first kappa shape index (κ1) is 74.0. The molecule has 86 heavy (non-hydrogen) atoms. The Kier molecular flexibility index (Phi) is 32.8. The largest absolute Gasteiger partial charge is 0.495 e. The Labute approximate surface area is 516 Å². The lowest BCUT2D eigenvalue weighted by Gasteiger charge is -2.42. The number of hydrogen-bond donors (Lipinski definition) is 3. The zero-order valence-corrected chi connectivity index (χ0v) is 53.8. The minimum Gasteiger partial charge on any atom is -0.495 e. The standard InChI is InChI=1S/C60H95ClN4O20S/c1-41-13-12-14-49(74-11)60(72)39-48(83-57(71)63-60)43(3)55-59(7,85-55)50(38-53(69)65(9)46-36-45(35-41)37-47(73-10)54(46)61)84-56(70)44(4)64(8)52(68)15-17-58(5,6)86-40-51(67)62-18-20-76-22-24-78-26-28-80-30-32-82-34-33-81-31-29-79-27-25-77-23-21-75-19-16-42(2)66/h12-14,36-37,43-44,48-50,55,72H,15-35,38-40H2,1-11H3,(H,62,67)(H,63,71)/t43-,44+,48+,49-,50+,55+,59+,60+/m1/s1. The second kappa shape index (κ2) is 38.2. The summed E-state index contributed by atoms with van der Waals surface area (Å²) in [6, 6.07) is 2.47. The van der Waals surface area contributed by atoms with Crippen molar-refractivity contribution in [1.29, 1.82) is 0 Å². The van der Waals surface area contributed by atoms with Crippen LogP contribution in [0, 0.1) is 5.92 Å². The average molecular weight is 1260 g/mol. The second-order valence-corrected chi connectivity index (χ2v) is 24.2. The second-order valence-electron chi connectivity index (χ2n) is 22.2. The minimum absolute atomic E-state index is 0.0653. The molecule has 0 unspecified atom stereocenters. The van der Waals surface area contributed by atoms with Gasteiger partial charge in [-0.05, 0) is 58.2 Å². The topological polar surface area (TPSA) is 276 Å². The summed E-state index contributed by atoms with van der Waals surface area (Å²) in [7, 11) is 5.97. The van der Waals surface area contributed by atoms with Crippen molar-refractivity contribution in [2.24, 2.45) is 5.92 Å². The molecule has 1 aromatic carbocycles. The SMILES string of the molecule is COc1cc2cc(c1Cl)N(C)C(=O)C[C@H](OC(=O)[C@H](C)N(C)C(=O)CCC(C)(C)SCC(=O)NCCOCCOCCOCCOCCOCCOCCOCCOCCC(C)=O)[C@]1(C)O[C@H]1[C@H](C)[C@@H]1C[C@@](O)(NC(=O)O1)[C@H](OC)C=CC=C(C)C2. The smallest absolute Gasteiger partial charge is 0.409 e. The number of epoxide rings is 1. The predicted molar refractivity (Wildman–Crippen MR) is 322 cm³/mol. The van der Waals surface area contributed by atoms with E-state index >= 15 is 0 Å². The molecule has 2 fully saturated rings. The number of carbonyl (C=O) groups is 6. The Balaban J connectivity index is 1.15. The van der Waals surface area contributed by atoms with Gasteiger partial charge in [-0.2, -0.15) is 0 Å². The number of nitrogens with one attached hydrogen (secondary N) is 2. The van der Waals surface area contributed by atoms with Gasteiger partial charge < -0.3 is 81.8 Å². The monoisotopic (exact) mass is 1260 g/mol.